The molecule has 0 N–H and O–H groups in total. The maximum atomic E-state index is 15.2. The Hall–Kier alpha value is -11.1. The molecule has 0 aliphatic carbocycles. The largest absolute Gasteiger partial charge is 0.416 e. The lowest BCUT2D eigenvalue weighted by atomic mass is 9.33. The van der Waals surface area contributed by atoms with Crippen LogP contribution in [0.5, 0.6) is 0 Å². The number of fused-ring (bicyclic) bond motifs is 7. The zero-order chi connectivity index (χ0) is 60.8. The minimum Gasteiger partial charge on any atom is -0.311 e. The van der Waals surface area contributed by atoms with Crippen molar-refractivity contribution in [3.63, 3.8) is 0 Å². The van der Waals surface area contributed by atoms with Gasteiger partial charge in [0.1, 0.15) is 0 Å². The molecule has 0 unspecified atom stereocenters. The summed E-state index contributed by atoms with van der Waals surface area (Å²) in [5, 5.41) is 1.89. The average molecular weight is 1170 g/mol. The Labute approximate surface area is 520 Å². The van der Waals surface area contributed by atoms with Gasteiger partial charge in [0.15, 0.2) is 17.5 Å². The van der Waals surface area contributed by atoms with Gasteiger partial charge < -0.3 is 14.4 Å². The second-order valence-electron chi connectivity index (χ2n) is 24.3. The second kappa shape index (κ2) is 21.4. The van der Waals surface area contributed by atoms with Gasteiger partial charge in [0, 0.05) is 61.6 Å². The van der Waals surface area contributed by atoms with Gasteiger partial charge >= 0.3 is 6.18 Å². The van der Waals surface area contributed by atoms with Gasteiger partial charge in [0.05, 0.1) is 22.3 Å². The van der Waals surface area contributed by atoms with Gasteiger partial charge in [0.2, 0.25) is 0 Å². The molecule has 430 valence electrons. The molecule has 0 bridgehead atoms. The molecule has 2 aliphatic heterocycles. The summed E-state index contributed by atoms with van der Waals surface area (Å²) in [6.45, 7) is 6.43. The number of alkyl halides is 3. The highest BCUT2D eigenvalue weighted by atomic mass is 19.4. The lowest BCUT2D eigenvalue weighted by Gasteiger charge is -2.44. The summed E-state index contributed by atoms with van der Waals surface area (Å²) in [5.41, 5.74) is 20.3. The molecule has 10 heteroatoms. The van der Waals surface area contributed by atoms with E-state index in [0.29, 0.717) is 28.5 Å². The molecule has 0 amide bonds. The summed E-state index contributed by atoms with van der Waals surface area (Å²) < 4.78 is 47.6. The van der Waals surface area contributed by atoms with E-state index in [9.17, 15) is 0 Å². The predicted molar refractivity (Wildman–Crippen MR) is 365 cm³/mol. The van der Waals surface area contributed by atoms with Crippen LogP contribution in [0.4, 0.5) is 47.3 Å². The molecule has 6 nitrogen and oxygen atoms in total. The fraction of sp³-hybridized carbons (Fsp3) is 0.0625. The molecule has 0 saturated carbocycles. The van der Waals surface area contributed by atoms with E-state index in [1.165, 1.54) is 22.5 Å². The second-order valence-corrected chi connectivity index (χ2v) is 24.3. The fourth-order valence-corrected chi connectivity index (χ4v) is 13.4. The van der Waals surface area contributed by atoms with E-state index in [-0.39, 0.29) is 23.5 Å². The molecular formula is C80H56BF3N6. The van der Waals surface area contributed by atoms with Gasteiger partial charge in [-0.15, -0.1) is 0 Å². The van der Waals surface area contributed by atoms with Crippen molar-refractivity contribution in [2.24, 2.45) is 0 Å². The maximum Gasteiger partial charge on any atom is 0.416 e. The van der Waals surface area contributed by atoms with Crippen molar-refractivity contribution < 1.29 is 13.2 Å². The molecular weight excluding hydrogens is 1110 g/mol. The van der Waals surface area contributed by atoms with Crippen molar-refractivity contribution in [2.75, 3.05) is 9.80 Å². The van der Waals surface area contributed by atoms with E-state index < -0.39 is 11.7 Å². The Balaban J connectivity index is 0.959. The van der Waals surface area contributed by atoms with Crippen LogP contribution in [0.1, 0.15) is 31.9 Å². The van der Waals surface area contributed by atoms with Gasteiger partial charge in [-0.3, -0.25) is 0 Å². The fourth-order valence-electron chi connectivity index (χ4n) is 13.4. The first-order valence-electron chi connectivity index (χ1n) is 30.3. The monoisotopic (exact) mass is 1170 g/mol. The first-order chi connectivity index (χ1) is 43.9. The number of nitrogens with zero attached hydrogens (tertiary/aromatic N) is 6. The van der Waals surface area contributed by atoms with Crippen LogP contribution in [0.2, 0.25) is 0 Å². The Morgan fingerprint density at radius 3 is 1.20 bits per heavy atom. The minimum atomic E-state index is -4.66. The van der Waals surface area contributed by atoms with Crippen LogP contribution in [-0.2, 0) is 11.6 Å². The molecule has 14 aromatic rings. The molecule has 0 saturated heterocycles. The normalized spacial score (nSPS) is 12.7. The van der Waals surface area contributed by atoms with E-state index in [0.717, 1.165) is 101 Å². The molecule has 4 heterocycles. The van der Waals surface area contributed by atoms with Crippen molar-refractivity contribution in [3.05, 3.63) is 296 Å². The van der Waals surface area contributed by atoms with E-state index >= 15 is 13.2 Å². The zero-order valence-electron chi connectivity index (χ0n) is 49.5. The van der Waals surface area contributed by atoms with Crippen molar-refractivity contribution in [1.29, 1.82) is 0 Å². The standard InChI is InChI=1S/C80H56BF3N6/c1-79(2,3)59-37-42-69-64(49-59)63-44-55(34-39-68(63)90(69)70-43-38-60(80(82,83)84)50-65(70)78-86-76(53-26-14-6-15-27-53)85-77(87-78)54-28-16-7-17-29-54)58-47-73-75-74(48-58)89(62-32-20-9-21-33-62)72-41-36-57(52-24-12-5-13-25-52)46-67(72)81(75)66-45-56(51-22-10-4-11-23-51)35-40-71(66)88(73)61-30-18-8-19-31-61/h4-50H,1-3H3. The van der Waals surface area contributed by atoms with Crippen LogP contribution < -0.4 is 26.2 Å². The topological polar surface area (TPSA) is 50.1 Å². The van der Waals surface area contributed by atoms with E-state index in [1.807, 2.05) is 60.7 Å². The summed E-state index contributed by atoms with van der Waals surface area (Å²) in [5.74, 6) is 0.805. The maximum absolute atomic E-state index is 15.2. The third-order valence-electron chi connectivity index (χ3n) is 17.8. The van der Waals surface area contributed by atoms with Crippen LogP contribution in [0.15, 0.2) is 285 Å². The van der Waals surface area contributed by atoms with Crippen molar-refractivity contribution in [3.8, 4) is 73.2 Å². The molecule has 0 spiro atoms. The lowest BCUT2D eigenvalue weighted by Crippen LogP contribution is -2.61. The third kappa shape index (κ3) is 9.33. The zero-order valence-corrected chi connectivity index (χ0v) is 49.5. The van der Waals surface area contributed by atoms with Crippen LogP contribution in [0.3, 0.4) is 0 Å². The average Bonchev–Trinajstić information content (AvgIpc) is 0.764. The van der Waals surface area contributed by atoms with Crippen molar-refractivity contribution >= 4 is 79.0 Å². The first kappa shape index (κ1) is 54.3. The Morgan fingerprint density at radius 2 is 0.722 bits per heavy atom. The summed E-state index contributed by atoms with van der Waals surface area (Å²) in [6.07, 6.45) is -4.66. The number of anilines is 6. The molecule has 0 atom stereocenters. The predicted octanol–water partition coefficient (Wildman–Crippen LogP) is 19.4. The van der Waals surface area contributed by atoms with E-state index in [4.69, 9.17) is 15.0 Å². The van der Waals surface area contributed by atoms with Crippen LogP contribution >= 0.6 is 0 Å². The SMILES string of the molecule is CC(C)(C)c1ccc2c(c1)c1cc(-c3cc4c5c(c3)N(c3ccccc3)c3ccc(-c6ccccc6)cc3B5c3cc(-c5ccccc5)ccc3N4c3ccccc3)ccc1n2-c1ccc(C(F)(F)F)cc1-c1nc(-c2ccccc2)nc(-c2ccccc2)n1. The summed E-state index contributed by atoms with van der Waals surface area (Å²) in [7, 11) is 0. The highest BCUT2D eigenvalue weighted by molar-refractivity contribution is 7.00. The number of aromatic nitrogens is 4. The van der Waals surface area contributed by atoms with Gasteiger partial charge in [-0.1, -0.05) is 215 Å². The highest BCUT2D eigenvalue weighted by Crippen LogP contribution is 2.49. The molecule has 16 rings (SSSR count). The Bertz CT molecular complexity index is 4880. The smallest absolute Gasteiger partial charge is 0.311 e. The van der Waals surface area contributed by atoms with Crippen molar-refractivity contribution in [1.82, 2.24) is 19.5 Å². The molecule has 2 aliphatic rings. The molecule has 0 fully saturated rings. The Kier molecular flexibility index (Phi) is 12.9. The third-order valence-corrected chi connectivity index (χ3v) is 17.8. The van der Waals surface area contributed by atoms with Gasteiger partial charge in [-0.2, -0.15) is 13.2 Å². The first-order valence-corrected chi connectivity index (χ1v) is 30.3. The number of benzene rings is 12. The van der Waals surface area contributed by atoms with Gasteiger partial charge in [-0.05, 0) is 152 Å². The number of para-hydroxylation sites is 2. The number of hydrogen-bond donors (Lipinski definition) is 0. The van der Waals surface area contributed by atoms with Crippen LogP contribution in [-0.4, -0.2) is 26.2 Å². The quantitative estimate of drug-likeness (QED) is 0.135. The van der Waals surface area contributed by atoms with E-state index in [2.05, 4.69) is 241 Å². The van der Waals surface area contributed by atoms with Crippen LogP contribution in [0.25, 0.3) is 95.0 Å². The molecule has 90 heavy (non-hydrogen) atoms. The Morgan fingerprint density at radius 1 is 0.322 bits per heavy atom. The number of hydrogen-bond acceptors (Lipinski definition) is 5. The molecule has 0 radical (unpaired) electrons. The molecule has 2 aromatic heterocycles. The lowest BCUT2D eigenvalue weighted by molar-refractivity contribution is -0.137. The van der Waals surface area contributed by atoms with Gasteiger partial charge in [-0.25, -0.2) is 15.0 Å². The summed E-state index contributed by atoms with van der Waals surface area (Å²) >= 11 is 0. The van der Waals surface area contributed by atoms with Crippen LogP contribution in [0, 0.1) is 0 Å². The highest BCUT2D eigenvalue weighted by Gasteiger charge is 2.44. The van der Waals surface area contributed by atoms with E-state index in [1.54, 1.807) is 6.07 Å². The number of rotatable bonds is 9. The minimum absolute atomic E-state index is 0.115. The number of halogens is 3. The molecule has 12 aromatic carbocycles. The van der Waals surface area contributed by atoms with Crippen molar-refractivity contribution in [2.45, 2.75) is 32.4 Å². The van der Waals surface area contributed by atoms with Gasteiger partial charge in [0.25, 0.3) is 6.71 Å². The summed E-state index contributed by atoms with van der Waals surface area (Å²) in [4.78, 5) is 19.9. The summed E-state index contributed by atoms with van der Waals surface area (Å²) in [6, 6.07) is 97.2.